The molecule has 0 radical (unpaired) electrons. The van der Waals surface area contributed by atoms with Crippen molar-refractivity contribution in [2.75, 3.05) is 13.1 Å². The Hall–Kier alpha value is -1.32. The molecule has 2 heterocycles. The highest BCUT2D eigenvalue weighted by Crippen LogP contribution is 2.42. The van der Waals surface area contributed by atoms with Crippen molar-refractivity contribution in [3.8, 4) is 0 Å². The fourth-order valence-electron chi connectivity index (χ4n) is 3.98. The van der Waals surface area contributed by atoms with Gasteiger partial charge in [-0.15, -0.1) is 0 Å². The van der Waals surface area contributed by atoms with Crippen LogP contribution in [0.4, 0.5) is 0 Å². The van der Waals surface area contributed by atoms with Gasteiger partial charge in [-0.2, -0.15) is 5.10 Å². The second kappa shape index (κ2) is 5.58. The van der Waals surface area contributed by atoms with Gasteiger partial charge in [0, 0.05) is 26.3 Å². The fraction of sp³-hybridized carbons (Fsp3) is 0.750. The first kappa shape index (κ1) is 13.7. The number of hydrogen-bond donors (Lipinski definition) is 0. The Morgan fingerprint density at radius 1 is 1.15 bits per heavy atom. The molecule has 1 aliphatic carbocycles. The number of likely N-dealkylation sites (tertiary alicyclic amines) is 1. The molecule has 1 saturated carbocycles. The Balaban J connectivity index is 1.72. The summed E-state index contributed by atoms with van der Waals surface area (Å²) in [7, 11) is 1.86. The average Bonchev–Trinajstić information content (AvgIpc) is 2.77. The Bertz CT molecular complexity index is 472. The van der Waals surface area contributed by atoms with Gasteiger partial charge < -0.3 is 4.90 Å². The minimum atomic E-state index is 0.168. The van der Waals surface area contributed by atoms with Gasteiger partial charge in [0.15, 0.2) is 0 Å². The van der Waals surface area contributed by atoms with Gasteiger partial charge in [-0.3, -0.25) is 9.48 Å². The molecule has 1 saturated heterocycles. The van der Waals surface area contributed by atoms with E-state index >= 15 is 0 Å². The molecular formula is C16H25N3O. The number of amides is 1. The summed E-state index contributed by atoms with van der Waals surface area (Å²) >= 11 is 0. The summed E-state index contributed by atoms with van der Waals surface area (Å²) in [6.07, 6.45) is 14.0. The largest absolute Gasteiger partial charge is 0.338 e. The van der Waals surface area contributed by atoms with E-state index in [1.54, 1.807) is 10.9 Å². The third kappa shape index (κ3) is 2.74. The van der Waals surface area contributed by atoms with Crippen LogP contribution in [0, 0.1) is 5.41 Å². The fourth-order valence-corrected chi connectivity index (χ4v) is 3.98. The summed E-state index contributed by atoms with van der Waals surface area (Å²) < 4.78 is 1.71. The Morgan fingerprint density at radius 2 is 1.85 bits per heavy atom. The lowest BCUT2D eigenvalue weighted by Gasteiger charge is -2.42. The van der Waals surface area contributed by atoms with E-state index in [0.29, 0.717) is 5.41 Å². The second-order valence-corrected chi connectivity index (χ2v) is 6.65. The molecule has 4 nitrogen and oxygen atoms in total. The molecule has 0 N–H and O–H groups in total. The first-order valence-corrected chi connectivity index (χ1v) is 7.97. The van der Waals surface area contributed by atoms with Crippen molar-refractivity contribution in [3.63, 3.8) is 0 Å². The molecule has 1 aliphatic heterocycles. The summed E-state index contributed by atoms with van der Waals surface area (Å²) in [4.78, 5) is 14.7. The maximum absolute atomic E-state index is 12.6. The monoisotopic (exact) mass is 275 g/mol. The maximum atomic E-state index is 12.6. The van der Waals surface area contributed by atoms with Gasteiger partial charge in [-0.05, 0) is 31.1 Å². The maximum Gasteiger partial charge on any atom is 0.257 e. The molecule has 2 aliphatic rings. The molecule has 1 aromatic heterocycles. The van der Waals surface area contributed by atoms with E-state index in [1.165, 1.54) is 44.9 Å². The lowest BCUT2D eigenvalue weighted by atomic mass is 9.74. The predicted molar refractivity (Wildman–Crippen MR) is 78.5 cm³/mol. The first-order chi connectivity index (χ1) is 9.69. The Morgan fingerprint density at radius 3 is 2.50 bits per heavy atom. The molecule has 1 spiro atoms. The van der Waals surface area contributed by atoms with Crippen LogP contribution in [-0.4, -0.2) is 33.7 Å². The molecule has 0 atom stereocenters. The van der Waals surface area contributed by atoms with E-state index in [1.807, 2.05) is 13.2 Å². The lowest BCUT2D eigenvalue weighted by molar-refractivity contribution is 0.0465. The van der Waals surface area contributed by atoms with Crippen molar-refractivity contribution in [2.45, 2.75) is 51.4 Å². The third-order valence-corrected chi connectivity index (χ3v) is 5.06. The van der Waals surface area contributed by atoms with E-state index in [-0.39, 0.29) is 5.91 Å². The molecule has 4 heteroatoms. The smallest absolute Gasteiger partial charge is 0.257 e. The van der Waals surface area contributed by atoms with Gasteiger partial charge in [-0.25, -0.2) is 0 Å². The molecule has 2 fully saturated rings. The van der Waals surface area contributed by atoms with Gasteiger partial charge in [0.2, 0.25) is 0 Å². The Kier molecular flexibility index (Phi) is 3.81. The molecule has 1 aromatic rings. The predicted octanol–water partition coefficient (Wildman–Crippen LogP) is 3.00. The van der Waals surface area contributed by atoms with Crippen molar-refractivity contribution < 1.29 is 4.79 Å². The normalized spacial score (nSPS) is 22.8. The minimum absolute atomic E-state index is 0.168. The second-order valence-electron chi connectivity index (χ2n) is 6.65. The van der Waals surface area contributed by atoms with Gasteiger partial charge >= 0.3 is 0 Å². The van der Waals surface area contributed by atoms with Crippen LogP contribution in [0.5, 0.6) is 0 Å². The minimum Gasteiger partial charge on any atom is -0.338 e. The first-order valence-electron chi connectivity index (χ1n) is 7.97. The highest BCUT2D eigenvalue weighted by molar-refractivity contribution is 5.93. The third-order valence-electron chi connectivity index (χ3n) is 5.06. The zero-order valence-electron chi connectivity index (χ0n) is 12.5. The van der Waals surface area contributed by atoms with Crippen molar-refractivity contribution in [1.29, 1.82) is 0 Å². The molecular weight excluding hydrogens is 250 g/mol. The summed E-state index contributed by atoms with van der Waals surface area (Å²) in [6, 6.07) is 0. The van der Waals surface area contributed by atoms with E-state index < -0.39 is 0 Å². The van der Waals surface area contributed by atoms with Crippen molar-refractivity contribution in [1.82, 2.24) is 14.7 Å². The summed E-state index contributed by atoms with van der Waals surface area (Å²) in [5.41, 5.74) is 1.14. The molecule has 110 valence electrons. The topological polar surface area (TPSA) is 38.1 Å². The SMILES string of the molecule is Cn1cc(C(=O)N2CCCC3(CCCCCC3)C2)cn1. The van der Waals surface area contributed by atoms with Gasteiger partial charge in [0.25, 0.3) is 5.91 Å². The van der Waals surface area contributed by atoms with Crippen LogP contribution in [0.2, 0.25) is 0 Å². The summed E-state index contributed by atoms with van der Waals surface area (Å²) in [6.45, 7) is 1.87. The van der Waals surface area contributed by atoms with E-state index in [2.05, 4.69) is 10.00 Å². The van der Waals surface area contributed by atoms with E-state index in [9.17, 15) is 4.79 Å². The van der Waals surface area contributed by atoms with Crippen molar-refractivity contribution in [3.05, 3.63) is 18.0 Å². The van der Waals surface area contributed by atoms with Gasteiger partial charge in [-0.1, -0.05) is 25.7 Å². The number of nitrogens with zero attached hydrogens (tertiary/aromatic N) is 3. The van der Waals surface area contributed by atoms with Crippen LogP contribution in [0.3, 0.4) is 0 Å². The zero-order valence-corrected chi connectivity index (χ0v) is 12.5. The molecule has 0 unspecified atom stereocenters. The lowest BCUT2D eigenvalue weighted by Crippen LogP contribution is -2.46. The summed E-state index contributed by atoms with van der Waals surface area (Å²) in [5.74, 6) is 0.168. The van der Waals surface area contributed by atoms with Gasteiger partial charge in [0.05, 0.1) is 11.8 Å². The van der Waals surface area contributed by atoms with Gasteiger partial charge in [0.1, 0.15) is 0 Å². The number of aromatic nitrogens is 2. The number of piperidine rings is 1. The highest BCUT2D eigenvalue weighted by Gasteiger charge is 2.37. The standard InChI is InChI=1S/C16H25N3O/c1-18-12-14(11-17-18)15(20)19-10-6-9-16(13-19)7-4-2-3-5-8-16/h11-12H,2-10,13H2,1H3. The molecule has 1 amide bonds. The number of rotatable bonds is 1. The molecule has 3 rings (SSSR count). The average molecular weight is 275 g/mol. The Labute approximate surface area is 121 Å². The van der Waals surface area contributed by atoms with E-state index in [4.69, 9.17) is 0 Å². The zero-order chi connectivity index (χ0) is 14.0. The van der Waals surface area contributed by atoms with Crippen LogP contribution in [0.15, 0.2) is 12.4 Å². The van der Waals surface area contributed by atoms with Crippen LogP contribution < -0.4 is 0 Å². The number of carbonyl (C=O) groups excluding carboxylic acids is 1. The molecule has 20 heavy (non-hydrogen) atoms. The number of hydrogen-bond acceptors (Lipinski definition) is 2. The quantitative estimate of drug-likeness (QED) is 0.790. The summed E-state index contributed by atoms with van der Waals surface area (Å²) in [5, 5.41) is 4.12. The van der Waals surface area contributed by atoms with Crippen molar-refractivity contribution in [2.24, 2.45) is 12.5 Å². The van der Waals surface area contributed by atoms with Crippen molar-refractivity contribution >= 4 is 5.91 Å². The number of aryl methyl sites for hydroxylation is 1. The van der Waals surface area contributed by atoms with Crippen LogP contribution in [0.1, 0.15) is 61.7 Å². The van der Waals surface area contributed by atoms with Crippen LogP contribution in [0.25, 0.3) is 0 Å². The highest BCUT2D eigenvalue weighted by atomic mass is 16.2. The van der Waals surface area contributed by atoms with Crippen LogP contribution >= 0.6 is 0 Å². The molecule has 0 bridgehead atoms. The number of carbonyl (C=O) groups is 1. The van der Waals surface area contributed by atoms with Crippen LogP contribution in [-0.2, 0) is 7.05 Å². The van der Waals surface area contributed by atoms with E-state index in [0.717, 1.165) is 25.1 Å². The molecule has 0 aromatic carbocycles.